The molecule has 0 radical (unpaired) electrons. The normalized spacial score (nSPS) is 11.2. The monoisotopic (exact) mass is 283 g/mol. The quantitative estimate of drug-likeness (QED) is 0.347. The minimum absolute atomic E-state index is 0.0245. The van der Waals surface area contributed by atoms with Crippen molar-refractivity contribution in [1.29, 1.82) is 0 Å². The van der Waals surface area contributed by atoms with Crippen LogP contribution in [-0.4, -0.2) is 17.0 Å². The number of amidine groups is 1. The van der Waals surface area contributed by atoms with E-state index in [2.05, 4.69) is 10.5 Å². The van der Waals surface area contributed by atoms with Crippen LogP contribution in [0.5, 0.6) is 0 Å². The predicted molar refractivity (Wildman–Crippen MR) is 81.3 cm³/mol. The number of hydrogen-bond acceptors (Lipinski definition) is 3. The number of carbonyl (C=O) groups is 1. The van der Waals surface area contributed by atoms with Crippen molar-refractivity contribution in [1.82, 2.24) is 5.32 Å². The van der Waals surface area contributed by atoms with Crippen LogP contribution >= 0.6 is 0 Å². The van der Waals surface area contributed by atoms with Gasteiger partial charge in [-0.25, -0.2) is 0 Å². The molecule has 0 aliphatic heterocycles. The molecule has 5 nitrogen and oxygen atoms in total. The van der Waals surface area contributed by atoms with Gasteiger partial charge < -0.3 is 16.3 Å². The van der Waals surface area contributed by atoms with E-state index in [1.54, 1.807) is 24.3 Å². The summed E-state index contributed by atoms with van der Waals surface area (Å²) >= 11 is 0. The standard InChI is InChI=1S/C16H17N3O2/c1-11-5-2-3-6-14(11)10-18-16(20)13-8-4-7-12(9-13)15(17)19-21/h2-9,21H,10H2,1H3,(H2,17,19)(H,18,20). The second-order valence-corrected chi connectivity index (χ2v) is 4.68. The molecule has 0 aliphatic rings. The molecule has 0 spiro atoms. The number of rotatable bonds is 4. The lowest BCUT2D eigenvalue weighted by Crippen LogP contribution is -2.24. The highest BCUT2D eigenvalue weighted by Gasteiger charge is 2.08. The van der Waals surface area contributed by atoms with Crippen LogP contribution in [0.25, 0.3) is 0 Å². The fraction of sp³-hybridized carbons (Fsp3) is 0.125. The van der Waals surface area contributed by atoms with E-state index in [1.807, 2.05) is 31.2 Å². The Morgan fingerprint density at radius 3 is 2.62 bits per heavy atom. The average Bonchev–Trinajstić information content (AvgIpc) is 2.53. The van der Waals surface area contributed by atoms with Crippen molar-refractivity contribution in [3.63, 3.8) is 0 Å². The first-order valence-electron chi connectivity index (χ1n) is 6.52. The van der Waals surface area contributed by atoms with Gasteiger partial charge in [0.25, 0.3) is 5.91 Å². The Kier molecular flexibility index (Phi) is 4.56. The third-order valence-electron chi connectivity index (χ3n) is 3.23. The number of benzene rings is 2. The Bertz CT molecular complexity index is 681. The van der Waals surface area contributed by atoms with Crippen LogP contribution in [0, 0.1) is 6.92 Å². The molecule has 0 saturated carbocycles. The van der Waals surface area contributed by atoms with Crippen molar-refractivity contribution in [3.8, 4) is 0 Å². The molecule has 0 aliphatic carbocycles. The van der Waals surface area contributed by atoms with E-state index in [0.717, 1.165) is 11.1 Å². The van der Waals surface area contributed by atoms with Crippen LogP contribution in [0.4, 0.5) is 0 Å². The second kappa shape index (κ2) is 6.56. The van der Waals surface area contributed by atoms with Crippen molar-refractivity contribution >= 4 is 11.7 Å². The molecule has 5 heteroatoms. The summed E-state index contributed by atoms with van der Waals surface area (Å²) in [5, 5.41) is 14.4. The van der Waals surface area contributed by atoms with E-state index >= 15 is 0 Å². The van der Waals surface area contributed by atoms with Crippen LogP contribution in [-0.2, 0) is 6.54 Å². The van der Waals surface area contributed by atoms with Gasteiger partial charge in [0.15, 0.2) is 5.84 Å². The van der Waals surface area contributed by atoms with Gasteiger partial charge in [-0.05, 0) is 30.2 Å². The van der Waals surface area contributed by atoms with Crippen molar-refractivity contribution in [3.05, 3.63) is 70.8 Å². The molecule has 0 heterocycles. The molecular formula is C16H17N3O2. The summed E-state index contributed by atoms with van der Waals surface area (Å²) in [6.07, 6.45) is 0. The van der Waals surface area contributed by atoms with Crippen LogP contribution in [0.15, 0.2) is 53.7 Å². The predicted octanol–water partition coefficient (Wildman–Crippen LogP) is 2.02. The molecule has 0 unspecified atom stereocenters. The average molecular weight is 283 g/mol. The first-order chi connectivity index (χ1) is 10.1. The maximum atomic E-state index is 12.1. The van der Waals surface area contributed by atoms with Gasteiger partial charge in [-0.2, -0.15) is 0 Å². The van der Waals surface area contributed by atoms with Gasteiger partial charge in [-0.15, -0.1) is 0 Å². The van der Waals surface area contributed by atoms with Crippen molar-refractivity contribution in [2.24, 2.45) is 10.9 Å². The maximum absolute atomic E-state index is 12.1. The summed E-state index contributed by atoms with van der Waals surface area (Å²) < 4.78 is 0. The van der Waals surface area contributed by atoms with Crippen LogP contribution < -0.4 is 11.1 Å². The number of hydrogen-bond donors (Lipinski definition) is 3. The third kappa shape index (κ3) is 3.60. The molecule has 2 rings (SSSR count). The van der Waals surface area contributed by atoms with Crippen LogP contribution in [0.1, 0.15) is 27.0 Å². The number of nitrogens with zero attached hydrogens (tertiary/aromatic N) is 1. The first-order valence-corrected chi connectivity index (χ1v) is 6.52. The summed E-state index contributed by atoms with van der Waals surface area (Å²) in [6, 6.07) is 14.5. The Hall–Kier alpha value is -2.82. The van der Waals surface area contributed by atoms with E-state index in [4.69, 9.17) is 10.9 Å². The minimum Gasteiger partial charge on any atom is -0.409 e. The minimum atomic E-state index is -0.203. The molecule has 2 aromatic rings. The summed E-state index contributed by atoms with van der Waals surface area (Å²) in [5.74, 6) is -0.227. The molecule has 21 heavy (non-hydrogen) atoms. The van der Waals surface area contributed by atoms with Crippen molar-refractivity contribution < 1.29 is 10.0 Å². The lowest BCUT2D eigenvalue weighted by Gasteiger charge is -2.08. The summed E-state index contributed by atoms with van der Waals surface area (Å²) in [5.41, 5.74) is 8.68. The second-order valence-electron chi connectivity index (χ2n) is 4.68. The molecule has 4 N–H and O–H groups in total. The van der Waals surface area contributed by atoms with Crippen molar-refractivity contribution in [2.45, 2.75) is 13.5 Å². The van der Waals surface area contributed by atoms with E-state index < -0.39 is 0 Å². The van der Waals surface area contributed by atoms with Gasteiger partial charge in [0.2, 0.25) is 0 Å². The molecule has 0 saturated heterocycles. The first kappa shape index (κ1) is 14.6. The van der Waals surface area contributed by atoms with Gasteiger partial charge >= 0.3 is 0 Å². The number of carbonyl (C=O) groups excluding carboxylic acids is 1. The summed E-state index contributed by atoms with van der Waals surface area (Å²) in [6.45, 7) is 2.46. The van der Waals surface area contributed by atoms with Gasteiger partial charge in [0, 0.05) is 17.7 Å². The number of oxime groups is 1. The maximum Gasteiger partial charge on any atom is 0.251 e. The fourth-order valence-corrected chi connectivity index (χ4v) is 1.96. The lowest BCUT2D eigenvalue weighted by atomic mass is 10.1. The number of amides is 1. The Labute approximate surface area is 123 Å². The highest BCUT2D eigenvalue weighted by molar-refractivity contribution is 6.01. The smallest absolute Gasteiger partial charge is 0.251 e. The van der Waals surface area contributed by atoms with Gasteiger partial charge in [0.05, 0.1) is 0 Å². The van der Waals surface area contributed by atoms with E-state index in [9.17, 15) is 4.79 Å². The van der Waals surface area contributed by atoms with Gasteiger partial charge in [-0.3, -0.25) is 4.79 Å². The lowest BCUT2D eigenvalue weighted by molar-refractivity contribution is 0.0951. The molecule has 1 amide bonds. The van der Waals surface area contributed by atoms with Crippen LogP contribution in [0.2, 0.25) is 0 Å². The summed E-state index contributed by atoms with van der Waals surface area (Å²) in [4.78, 5) is 12.1. The SMILES string of the molecule is Cc1ccccc1CNC(=O)c1cccc(C(N)=NO)c1. The Morgan fingerprint density at radius 1 is 1.19 bits per heavy atom. The zero-order chi connectivity index (χ0) is 15.2. The largest absolute Gasteiger partial charge is 0.409 e. The zero-order valence-electron chi connectivity index (χ0n) is 11.7. The third-order valence-corrected chi connectivity index (χ3v) is 3.23. The molecule has 2 aromatic carbocycles. The number of nitrogens with two attached hydrogens (primary N) is 1. The highest BCUT2D eigenvalue weighted by Crippen LogP contribution is 2.08. The fourth-order valence-electron chi connectivity index (χ4n) is 1.96. The zero-order valence-corrected chi connectivity index (χ0v) is 11.7. The topological polar surface area (TPSA) is 87.7 Å². The molecule has 0 aromatic heterocycles. The van der Waals surface area contributed by atoms with E-state index in [1.165, 1.54) is 0 Å². The highest BCUT2D eigenvalue weighted by atomic mass is 16.4. The Morgan fingerprint density at radius 2 is 1.90 bits per heavy atom. The van der Waals surface area contributed by atoms with E-state index in [-0.39, 0.29) is 11.7 Å². The van der Waals surface area contributed by atoms with Crippen molar-refractivity contribution in [2.75, 3.05) is 0 Å². The van der Waals surface area contributed by atoms with Gasteiger partial charge in [0.1, 0.15) is 0 Å². The van der Waals surface area contributed by atoms with Gasteiger partial charge in [-0.1, -0.05) is 41.6 Å². The molecule has 0 fully saturated rings. The molecule has 0 atom stereocenters. The molecule has 108 valence electrons. The number of nitrogens with one attached hydrogen (secondary N) is 1. The molecular weight excluding hydrogens is 266 g/mol. The Balaban J connectivity index is 2.09. The van der Waals surface area contributed by atoms with Crippen LogP contribution in [0.3, 0.4) is 0 Å². The van der Waals surface area contributed by atoms with E-state index in [0.29, 0.717) is 17.7 Å². The molecule has 0 bridgehead atoms. The summed E-state index contributed by atoms with van der Waals surface area (Å²) in [7, 11) is 0. The number of aryl methyl sites for hydroxylation is 1.